The Balaban J connectivity index is 1.50. The second kappa shape index (κ2) is 16.3. The first kappa shape index (κ1) is 26.0. The van der Waals surface area contributed by atoms with E-state index in [0.717, 1.165) is 18.7 Å². The van der Waals surface area contributed by atoms with Crippen molar-refractivity contribution in [2.75, 3.05) is 22.9 Å². The molecule has 0 atom stereocenters. The molecule has 178 valence electrons. The van der Waals surface area contributed by atoms with Crippen LogP contribution in [0.2, 0.25) is 0 Å². The van der Waals surface area contributed by atoms with Gasteiger partial charge in [0.2, 0.25) is 0 Å². The fourth-order valence-corrected chi connectivity index (χ4v) is 3.94. The average molecular weight is 440 g/mol. The van der Waals surface area contributed by atoms with Crippen LogP contribution in [0.1, 0.15) is 102 Å². The third-order valence-corrected chi connectivity index (χ3v) is 6.02. The van der Waals surface area contributed by atoms with Crippen molar-refractivity contribution in [3.8, 4) is 0 Å². The summed E-state index contributed by atoms with van der Waals surface area (Å²) in [4.78, 5) is 8.60. The van der Waals surface area contributed by atoms with E-state index in [9.17, 15) is 0 Å². The van der Waals surface area contributed by atoms with E-state index in [4.69, 9.17) is 5.73 Å². The van der Waals surface area contributed by atoms with Crippen LogP contribution < -0.4 is 16.4 Å². The minimum Gasteiger partial charge on any atom is -0.393 e. The molecule has 0 unspecified atom stereocenters. The van der Waals surface area contributed by atoms with E-state index in [-0.39, 0.29) is 0 Å². The predicted molar refractivity (Wildman–Crippen MR) is 140 cm³/mol. The molecule has 1 heterocycles. The molecule has 5 heteroatoms. The van der Waals surface area contributed by atoms with E-state index in [1.807, 2.05) is 12.1 Å². The zero-order valence-corrected chi connectivity index (χ0v) is 20.5. The van der Waals surface area contributed by atoms with Gasteiger partial charge in [-0.2, -0.15) is 0 Å². The molecule has 4 N–H and O–H groups in total. The van der Waals surface area contributed by atoms with Gasteiger partial charge in [0.1, 0.15) is 12.0 Å². The Morgan fingerprint density at radius 1 is 0.688 bits per heavy atom. The Kier molecular flexibility index (Phi) is 13.3. The van der Waals surface area contributed by atoms with Gasteiger partial charge in [-0.15, -0.1) is 0 Å². The molecule has 2 rings (SSSR count). The quantitative estimate of drug-likeness (QED) is 0.205. The number of aryl methyl sites for hydroxylation is 1. The van der Waals surface area contributed by atoms with Crippen LogP contribution in [0.4, 0.5) is 23.0 Å². The van der Waals surface area contributed by atoms with Gasteiger partial charge in [0.25, 0.3) is 0 Å². The van der Waals surface area contributed by atoms with E-state index in [0.29, 0.717) is 17.3 Å². The number of nitrogens with two attached hydrogens (primary N) is 1. The molecule has 0 radical (unpaired) electrons. The Bertz CT molecular complexity index is 729. The Morgan fingerprint density at radius 3 is 1.75 bits per heavy atom. The van der Waals surface area contributed by atoms with Crippen molar-refractivity contribution in [1.82, 2.24) is 9.97 Å². The maximum atomic E-state index is 6.27. The monoisotopic (exact) mass is 439 g/mol. The Labute approximate surface area is 196 Å². The first-order chi connectivity index (χ1) is 15.7. The molecule has 0 saturated carbocycles. The maximum Gasteiger partial charge on any atom is 0.159 e. The number of rotatable bonds is 18. The predicted octanol–water partition coefficient (Wildman–Crippen LogP) is 8.00. The fraction of sp³-hybridized carbons (Fsp3) is 0.630. The summed E-state index contributed by atoms with van der Waals surface area (Å²) in [6.45, 7) is 5.25. The van der Waals surface area contributed by atoms with Crippen molar-refractivity contribution in [3.63, 3.8) is 0 Å². The SMILES string of the molecule is CCCCCCCCCCCCCCCCNc1ncnc(Nc2ccc(C)cc2)c1N. The largest absolute Gasteiger partial charge is 0.393 e. The van der Waals surface area contributed by atoms with Gasteiger partial charge in [-0.1, -0.05) is 108 Å². The lowest BCUT2D eigenvalue weighted by Crippen LogP contribution is -2.09. The maximum absolute atomic E-state index is 6.27. The van der Waals surface area contributed by atoms with Gasteiger partial charge in [0, 0.05) is 12.2 Å². The molecule has 0 spiro atoms. The summed E-state index contributed by atoms with van der Waals surface area (Å²) in [6.07, 6.45) is 20.8. The third kappa shape index (κ3) is 10.8. The van der Waals surface area contributed by atoms with Gasteiger partial charge < -0.3 is 16.4 Å². The van der Waals surface area contributed by atoms with Crippen LogP contribution in [0.25, 0.3) is 0 Å². The average Bonchev–Trinajstić information content (AvgIpc) is 2.80. The molecular weight excluding hydrogens is 394 g/mol. The summed E-state index contributed by atoms with van der Waals surface area (Å²) in [6, 6.07) is 8.18. The lowest BCUT2D eigenvalue weighted by atomic mass is 10.0. The van der Waals surface area contributed by atoms with Crippen LogP contribution in [0.15, 0.2) is 30.6 Å². The van der Waals surface area contributed by atoms with Gasteiger partial charge in [-0.3, -0.25) is 0 Å². The van der Waals surface area contributed by atoms with Crippen LogP contribution in [-0.4, -0.2) is 16.5 Å². The highest BCUT2D eigenvalue weighted by molar-refractivity contribution is 5.77. The van der Waals surface area contributed by atoms with Crippen LogP contribution >= 0.6 is 0 Å². The number of hydrogen-bond acceptors (Lipinski definition) is 5. The lowest BCUT2D eigenvalue weighted by Gasteiger charge is -2.12. The molecule has 0 bridgehead atoms. The number of hydrogen-bond donors (Lipinski definition) is 3. The number of aromatic nitrogens is 2. The third-order valence-electron chi connectivity index (χ3n) is 6.02. The van der Waals surface area contributed by atoms with Crippen molar-refractivity contribution in [2.24, 2.45) is 0 Å². The van der Waals surface area contributed by atoms with Crippen molar-refractivity contribution in [3.05, 3.63) is 36.2 Å². The van der Waals surface area contributed by atoms with E-state index in [1.54, 1.807) is 6.33 Å². The normalized spacial score (nSPS) is 10.9. The molecule has 32 heavy (non-hydrogen) atoms. The zero-order chi connectivity index (χ0) is 22.9. The summed E-state index contributed by atoms with van der Waals surface area (Å²) in [5.41, 5.74) is 9.03. The van der Waals surface area contributed by atoms with Crippen LogP contribution in [0.5, 0.6) is 0 Å². The summed E-state index contributed by atoms with van der Waals surface area (Å²) in [5, 5.41) is 6.65. The first-order valence-corrected chi connectivity index (χ1v) is 12.9. The highest BCUT2D eigenvalue weighted by Crippen LogP contribution is 2.26. The summed E-state index contributed by atoms with van der Waals surface area (Å²) in [5.74, 6) is 1.36. The number of nitrogens with zero attached hydrogens (tertiary/aromatic N) is 2. The van der Waals surface area contributed by atoms with Crippen molar-refractivity contribution < 1.29 is 0 Å². The molecule has 0 fully saturated rings. The second-order valence-electron chi connectivity index (χ2n) is 9.00. The Morgan fingerprint density at radius 2 is 1.19 bits per heavy atom. The summed E-state index contributed by atoms with van der Waals surface area (Å²) >= 11 is 0. The van der Waals surface area contributed by atoms with Gasteiger partial charge in [-0.05, 0) is 25.5 Å². The number of anilines is 4. The smallest absolute Gasteiger partial charge is 0.159 e. The molecule has 0 aliphatic rings. The molecule has 0 saturated heterocycles. The van der Waals surface area contributed by atoms with Crippen molar-refractivity contribution in [1.29, 1.82) is 0 Å². The molecule has 1 aromatic carbocycles. The lowest BCUT2D eigenvalue weighted by molar-refractivity contribution is 0.537. The molecule has 0 aliphatic heterocycles. The zero-order valence-electron chi connectivity index (χ0n) is 20.5. The highest BCUT2D eigenvalue weighted by atomic mass is 15.1. The van der Waals surface area contributed by atoms with Crippen molar-refractivity contribution >= 4 is 23.0 Å². The molecule has 0 amide bonds. The number of nitrogen functional groups attached to an aromatic ring is 1. The number of nitrogens with one attached hydrogen (secondary N) is 2. The summed E-state index contributed by atoms with van der Waals surface area (Å²) in [7, 11) is 0. The number of benzene rings is 1. The van der Waals surface area contributed by atoms with Crippen LogP contribution in [0, 0.1) is 6.92 Å². The Hall–Kier alpha value is -2.30. The van der Waals surface area contributed by atoms with E-state index < -0.39 is 0 Å². The van der Waals surface area contributed by atoms with Crippen LogP contribution in [0.3, 0.4) is 0 Å². The van der Waals surface area contributed by atoms with Gasteiger partial charge in [0.05, 0.1) is 0 Å². The number of unbranched alkanes of at least 4 members (excludes halogenated alkanes) is 13. The van der Waals surface area contributed by atoms with E-state index in [2.05, 4.69) is 46.6 Å². The first-order valence-electron chi connectivity index (χ1n) is 12.9. The fourth-order valence-electron chi connectivity index (χ4n) is 3.94. The minimum atomic E-state index is 0.568. The summed E-state index contributed by atoms with van der Waals surface area (Å²) < 4.78 is 0. The topological polar surface area (TPSA) is 75.9 Å². The van der Waals surface area contributed by atoms with E-state index in [1.165, 1.54) is 89.0 Å². The van der Waals surface area contributed by atoms with Crippen molar-refractivity contribution in [2.45, 2.75) is 104 Å². The second-order valence-corrected chi connectivity index (χ2v) is 9.00. The molecular formula is C27H45N5. The highest BCUT2D eigenvalue weighted by Gasteiger charge is 2.08. The molecule has 2 aromatic rings. The minimum absolute atomic E-state index is 0.568. The van der Waals surface area contributed by atoms with Gasteiger partial charge in [-0.25, -0.2) is 9.97 Å². The van der Waals surface area contributed by atoms with Gasteiger partial charge >= 0.3 is 0 Å². The molecule has 5 nitrogen and oxygen atoms in total. The van der Waals surface area contributed by atoms with E-state index >= 15 is 0 Å². The standard InChI is InChI=1S/C27H45N5/c1-3-4-5-6-7-8-9-10-11-12-13-14-15-16-21-29-26-25(28)27(31-22-30-26)32-24-19-17-23(2)18-20-24/h17-20,22H,3-16,21,28H2,1-2H3,(H2,29,30,31,32). The van der Waals surface area contributed by atoms with Gasteiger partial charge in [0.15, 0.2) is 11.6 Å². The molecule has 1 aromatic heterocycles. The van der Waals surface area contributed by atoms with Crippen LogP contribution in [-0.2, 0) is 0 Å². The molecule has 0 aliphatic carbocycles.